The highest BCUT2D eigenvalue weighted by atomic mass is 79.9. The highest BCUT2D eigenvalue weighted by molar-refractivity contribution is 9.10. The molecule has 2 aromatic rings. The van der Waals surface area contributed by atoms with E-state index in [0.29, 0.717) is 18.0 Å². The molecule has 0 fully saturated rings. The molecule has 0 bridgehead atoms. The van der Waals surface area contributed by atoms with E-state index in [-0.39, 0.29) is 11.4 Å². The van der Waals surface area contributed by atoms with Crippen LogP contribution in [0.3, 0.4) is 0 Å². The summed E-state index contributed by atoms with van der Waals surface area (Å²) in [5, 5.41) is 0. The van der Waals surface area contributed by atoms with E-state index >= 15 is 0 Å². The lowest BCUT2D eigenvalue weighted by atomic mass is 10.4. The summed E-state index contributed by atoms with van der Waals surface area (Å²) in [7, 11) is 0. The molecule has 0 radical (unpaired) electrons. The zero-order valence-corrected chi connectivity index (χ0v) is 10.7. The van der Waals surface area contributed by atoms with Crippen molar-refractivity contribution in [3.8, 4) is 11.6 Å². The van der Waals surface area contributed by atoms with Crippen LogP contribution in [-0.4, -0.2) is 15.0 Å². The maximum absolute atomic E-state index is 11.3. The summed E-state index contributed by atoms with van der Waals surface area (Å²) < 4.78 is 6.26. The van der Waals surface area contributed by atoms with Crippen molar-refractivity contribution in [2.24, 2.45) is 0 Å². The van der Waals surface area contributed by atoms with Gasteiger partial charge in [0.2, 0.25) is 5.88 Å². The van der Waals surface area contributed by atoms with Crippen LogP contribution in [0.5, 0.6) is 11.6 Å². The predicted octanol–water partition coefficient (Wildman–Crippen LogP) is 2.28. The maximum Gasteiger partial charge on any atom is 0.254 e. The van der Waals surface area contributed by atoms with Crippen LogP contribution < -0.4 is 10.3 Å². The van der Waals surface area contributed by atoms with E-state index in [1.54, 1.807) is 18.5 Å². The van der Waals surface area contributed by atoms with Crippen LogP contribution in [0.2, 0.25) is 0 Å². The molecule has 0 aromatic carbocycles. The molecule has 0 aliphatic rings. The van der Waals surface area contributed by atoms with Crippen molar-refractivity contribution < 1.29 is 4.74 Å². The number of aromatic amines is 1. The van der Waals surface area contributed by atoms with E-state index in [1.807, 2.05) is 6.92 Å². The molecule has 0 saturated carbocycles. The maximum atomic E-state index is 11.3. The van der Waals surface area contributed by atoms with Crippen molar-refractivity contribution in [3.05, 3.63) is 45.2 Å². The van der Waals surface area contributed by atoms with E-state index < -0.39 is 0 Å². The number of aromatic nitrogens is 3. The normalized spacial score (nSPS) is 10.2. The Morgan fingerprint density at radius 2 is 2.24 bits per heavy atom. The van der Waals surface area contributed by atoms with E-state index in [9.17, 15) is 4.79 Å². The Balaban J connectivity index is 2.29. The third kappa shape index (κ3) is 3.13. The molecular weight excluding hydrogens is 286 g/mol. The first-order chi connectivity index (χ1) is 8.17. The zero-order chi connectivity index (χ0) is 12.3. The van der Waals surface area contributed by atoms with Crippen LogP contribution in [0.1, 0.15) is 12.7 Å². The SMILES string of the molecule is CCc1nc(Oc2cncc(Br)c2)cc(=O)[nH]1. The number of halogens is 1. The van der Waals surface area contributed by atoms with Crippen LogP contribution in [-0.2, 0) is 6.42 Å². The molecule has 0 aliphatic carbocycles. The lowest BCUT2D eigenvalue weighted by molar-refractivity contribution is 0.455. The molecule has 0 spiro atoms. The number of H-pyrrole nitrogens is 1. The van der Waals surface area contributed by atoms with Gasteiger partial charge in [-0.1, -0.05) is 6.92 Å². The number of hydrogen-bond acceptors (Lipinski definition) is 4. The molecule has 6 heteroatoms. The Morgan fingerprint density at radius 1 is 1.41 bits per heavy atom. The van der Waals surface area contributed by atoms with E-state index in [0.717, 1.165) is 4.47 Å². The molecule has 5 nitrogen and oxygen atoms in total. The zero-order valence-electron chi connectivity index (χ0n) is 9.11. The number of ether oxygens (including phenoxy) is 1. The second-order valence-electron chi connectivity index (χ2n) is 3.32. The van der Waals surface area contributed by atoms with E-state index in [4.69, 9.17) is 4.74 Å². The van der Waals surface area contributed by atoms with Gasteiger partial charge >= 0.3 is 0 Å². The second-order valence-corrected chi connectivity index (χ2v) is 4.24. The fraction of sp³-hybridized carbons (Fsp3) is 0.182. The molecular formula is C11H10BrN3O2. The quantitative estimate of drug-likeness (QED) is 0.943. The number of hydrogen-bond donors (Lipinski definition) is 1. The average molecular weight is 296 g/mol. The van der Waals surface area contributed by atoms with Crippen LogP contribution in [0.25, 0.3) is 0 Å². The van der Waals surface area contributed by atoms with Gasteiger partial charge < -0.3 is 9.72 Å². The molecule has 2 aromatic heterocycles. The standard InChI is InChI=1S/C11H10BrN3O2/c1-2-9-14-10(16)4-11(15-9)17-8-3-7(12)5-13-6-8/h3-6H,2H2,1H3,(H,14,15,16). The van der Waals surface area contributed by atoms with Crippen LogP contribution >= 0.6 is 15.9 Å². The first kappa shape index (κ1) is 11.8. The molecule has 1 N–H and O–H groups in total. The predicted molar refractivity (Wildman–Crippen MR) is 66.2 cm³/mol. The Hall–Kier alpha value is -1.69. The monoisotopic (exact) mass is 295 g/mol. The second kappa shape index (κ2) is 5.09. The molecule has 2 rings (SSSR count). The summed E-state index contributed by atoms with van der Waals surface area (Å²) in [5.74, 6) is 1.39. The third-order valence-electron chi connectivity index (χ3n) is 2.00. The molecule has 17 heavy (non-hydrogen) atoms. The molecule has 0 atom stereocenters. The van der Waals surface area contributed by atoms with Crippen molar-refractivity contribution in [2.75, 3.05) is 0 Å². The van der Waals surface area contributed by atoms with Crippen molar-refractivity contribution in [1.82, 2.24) is 15.0 Å². The number of pyridine rings is 1. The van der Waals surface area contributed by atoms with Crippen LogP contribution in [0.15, 0.2) is 33.8 Å². The third-order valence-corrected chi connectivity index (χ3v) is 2.44. The van der Waals surface area contributed by atoms with Gasteiger partial charge in [0, 0.05) is 17.1 Å². The van der Waals surface area contributed by atoms with Gasteiger partial charge in [0.05, 0.1) is 12.3 Å². The van der Waals surface area contributed by atoms with Crippen molar-refractivity contribution >= 4 is 15.9 Å². The molecule has 0 aliphatic heterocycles. The van der Waals surface area contributed by atoms with Crippen LogP contribution in [0, 0.1) is 0 Å². The number of nitrogens with zero attached hydrogens (tertiary/aromatic N) is 2. The minimum Gasteiger partial charge on any atom is -0.437 e. The van der Waals surface area contributed by atoms with Gasteiger partial charge in [-0.3, -0.25) is 9.78 Å². The summed E-state index contributed by atoms with van der Waals surface area (Å²) in [5.41, 5.74) is -0.227. The lowest BCUT2D eigenvalue weighted by Crippen LogP contribution is -2.10. The summed E-state index contributed by atoms with van der Waals surface area (Å²) in [6, 6.07) is 3.06. The Bertz CT molecular complexity index is 583. The molecule has 0 amide bonds. The highest BCUT2D eigenvalue weighted by Crippen LogP contribution is 2.20. The Morgan fingerprint density at radius 3 is 2.94 bits per heavy atom. The van der Waals surface area contributed by atoms with Gasteiger partial charge in [-0.2, -0.15) is 4.98 Å². The number of aryl methyl sites for hydroxylation is 1. The molecule has 0 saturated heterocycles. The van der Waals surface area contributed by atoms with Gasteiger partial charge in [0.1, 0.15) is 11.6 Å². The molecule has 2 heterocycles. The molecule has 0 unspecified atom stereocenters. The first-order valence-electron chi connectivity index (χ1n) is 5.06. The van der Waals surface area contributed by atoms with Crippen molar-refractivity contribution in [3.63, 3.8) is 0 Å². The smallest absolute Gasteiger partial charge is 0.254 e. The highest BCUT2D eigenvalue weighted by Gasteiger charge is 2.03. The fourth-order valence-corrected chi connectivity index (χ4v) is 1.62. The van der Waals surface area contributed by atoms with Gasteiger partial charge in [0.25, 0.3) is 5.56 Å². The summed E-state index contributed by atoms with van der Waals surface area (Å²) in [6.07, 6.45) is 3.85. The fourth-order valence-electron chi connectivity index (χ4n) is 1.27. The Kier molecular flexibility index (Phi) is 3.53. The van der Waals surface area contributed by atoms with Gasteiger partial charge in [-0.05, 0) is 22.0 Å². The first-order valence-corrected chi connectivity index (χ1v) is 5.85. The Labute approximate surface area is 106 Å². The van der Waals surface area contributed by atoms with Gasteiger partial charge in [-0.25, -0.2) is 0 Å². The van der Waals surface area contributed by atoms with Gasteiger partial charge in [0.15, 0.2) is 0 Å². The number of rotatable bonds is 3. The summed E-state index contributed by atoms with van der Waals surface area (Å²) >= 11 is 3.29. The van der Waals surface area contributed by atoms with Crippen LogP contribution in [0.4, 0.5) is 0 Å². The topological polar surface area (TPSA) is 67.9 Å². The van der Waals surface area contributed by atoms with Crippen molar-refractivity contribution in [1.29, 1.82) is 0 Å². The lowest BCUT2D eigenvalue weighted by Gasteiger charge is -2.05. The molecule has 88 valence electrons. The summed E-state index contributed by atoms with van der Waals surface area (Å²) in [4.78, 5) is 22.1. The number of nitrogens with one attached hydrogen (secondary N) is 1. The van der Waals surface area contributed by atoms with Crippen molar-refractivity contribution in [2.45, 2.75) is 13.3 Å². The average Bonchev–Trinajstić information content (AvgIpc) is 2.28. The van der Waals surface area contributed by atoms with E-state index in [2.05, 4.69) is 30.9 Å². The largest absolute Gasteiger partial charge is 0.437 e. The van der Waals surface area contributed by atoms with E-state index in [1.165, 1.54) is 6.07 Å². The summed E-state index contributed by atoms with van der Waals surface area (Å²) in [6.45, 7) is 1.91. The minimum absolute atomic E-state index is 0.227. The minimum atomic E-state index is -0.227. The van der Waals surface area contributed by atoms with Gasteiger partial charge in [-0.15, -0.1) is 0 Å².